The largest absolute Gasteiger partial charge is 0.417 e. The first-order chi connectivity index (χ1) is 18.9. The molecule has 1 aliphatic heterocycles. The van der Waals surface area contributed by atoms with Crippen molar-refractivity contribution >= 4 is 17.3 Å². The summed E-state index contributed by atoms with van der Waals surface area (Å²) in [5.74, 6) is -1.43. The molecule has 3 aromatic carbocycles. The minimum Gasteiger partial charge on any atom is -0.379 e. The number of nitrogens with zero attached hydrogens (tertiary/aromatic N) is 4. The van der Waals surface area contributed by atoms with E-state index < -0.39 is 34.6 Å². The van der Waals surface area contributed by atoms with Crippen molar-refractivity contribution in [2.24, 2.45) is 0 Å². The van der Waals surface area contributed by atoms with E-state index in [0.29, 0.717) is 37.8 Å². The zero-order valence-corrected chi connectivity index (χ0v) is 21.5. The molecule has 3 aromatic rings. The molecule has 40 heavy (non-hydrogen) atoms. The maximum atomic E-state index is 14.0. The highest BCUT2D eigenvalue weighted by atomic mass is 19.4. The zero-order chi connectivity index (χ0) is 29.1. The predicted octanol–water partition coefficient (Wildman–Crippen LogP) is 4.77. The minimum atomic E-state index is -4.77. The van der Waals surface area contributed by atoms with E-state index in [1.165, 1.54) is 31.2 Å². The van der Waals surface area contributed by atoms with Crippen molar-refractivity contribution in [2.75, 3.05) is 42.9 Å². The van der Waals surface area contributed by atoms with E-state index in [-0.39, 0.29) is 17.8 Å². The molecule has 0 saturated carbocycles. The molecule has 1 atom stereocenters. The standard InChI is InChI=1S/C29H25F4N5O2/c1-28(40,27(39)36-23-7-4-21(16-34)25(15-23)29(31,32)33)18-37-10-12-38(13-11-37)24-8-5-19(6-9-24)20-2-3-22(17-35)26(30)14-20/h2-9,14-15,40H,10-13,18H2,1H3,(H,36,39). The number of carbonyl (C=O) groups excluding carboxylic acids is 1. The first kappa shape index (κ1) is 28.6. The van der Waals surface area contributed by atoms with E-state index in [9.17, 15) is 27.5 Å². The highest BCUT2D eigenvalue weighted by Crippen LogP contribution is 2.34. The second kappa shape index (κ2) is 11.3. The van der Waals surface area contributed by atoms with Gasteiger partial charge in [-0.25, -0.2) is 4.39 Å². The summed E-state index contributed by atoms with van der Waals surface area (Å²) in [5, 5.41) is 31.0. The number of β-amino-alcohol motifs (C(OH)–C–C–N with tert-alkyl or cyclic N) is 1. The number of piperazine rings is 1. The first-order valence-electron chi connectivity index (χ1n) is 12.3. The van der Waals surface area contributed by atoms with Gasteiger partial charge in [0.25, 0.3) is 5.91 Å². The highest BCUT2D eigenvalue weighted by Gasteiger charge is 2.36. The van der Waals surface area contributed by atoms with E-state index >= 15 is 0 Å². The highest BCUT2D eigenvalue weighted by molar-refractivity contribution is 5.97. The van der Waals surface area contributed by atoms with Crippen molar-refractivity contribution in [1.82, 2.24) is 4.90 Å². The SMILES string of the molecule is CC(O)(CN1CCN(c2ccc(-c3ccc(C#N)c(F)c3)cc2)CC1)C(=O)Nc1ccc(C#N)c(C(F)(F)F)c1. The van der Waals surface area contributed by atoms with Crippen LogP contribution in [0.3, 0.4) is 0 Å². The van der Waals surface area contributed by atoms with E-state index in [1.54, 1.807) is 12.1 Å². The van der Waals surface area contributed by atoms with Crippen LogP contribution >= 0.6 is 0 Å². The minimum absolute atomic E-state index is 0.0143. The summed E-state index contributed by atoms with van der Waals surface area (Å²) in [6.45, 7) is 3.54. The number of nitrogens with one attached hydrogen (secondary N) is 1. The lowest BCUT2D eigenvalue weighted by Crippen LogP contribution is -2.54. The van der Waals surface area contributed by atoms with E-state index in [2.05, 4.69) is 10.2 Å². The van der Waals surface area contributed by atoms with Crippen LogP contribution in [0.5, 0.6) is 0 Å². The van der Waals surface area contributed by atoms with Crippen molar-refractivity contribution in [3.05, 3.63) is 83.2 Å². The number of amides is 1. The number of hydrogen-bond donors (Lipinski definition) is 2. The molecule has 1 amide bonds. The topological polar surface area (TPSA) is 103 Å². The Morgan fingerprint density at radius 1 is 0.925 bits per heavy atom. The predicted molar refractivity (Wildman–Crippen MR) is 141 cm³/mol. The van der Waals surface area contributed by atoms with Crippen LogP contribution in [0, 0.1) is 28.5 Å². The number of alkyl halides is 3. The van der Waals surface area contributed by atoms with Gasteiger partial charge >= 0.3 is 6.18 Å². The van der Waals surface area contributed by atoms with Crippen LogP contribution < -0.4 is 10.2 Å². The van der Waals surface area contributed by atoms with Gasteiger partial charge in [-0.05, 0) is 60.5 Å². The van der Waals surface area contributed by atoms with Crippen LogP contribution in [0.2, 0.25) is 0 Å². The van der Waals surface area contributed by atoms with Gasteiger partial charge in [-0.15, -0.1) is 0 Å². The van der Waals surface area contributed by atoms with Gasteiger partial charge in [0.2, 0.25) is 0 Å². The first-order valence-corrected chi connectivity index (χ1v) is 12.3. The maximum Gasteiger partial charge on any atom is 0.417 e. The third kappa shape index (κ3) is 6.40. The van der Waals surface area contributed by atoms with E-state index in [4.69, 9.17) is 10.5 Å². The van der Waals surface area contributed by atoms with Gasteiger partial charge in [-0.2, -0.15) is 23.7 Å². The van der Waals surface area contributed by atoms with Crippen LogP contribution in [0.25, 0.3) is 11.1 Å². The fraction of sp³-hybridized carbons (Fsp3) is 0.276. The van der Waals surface area contributed by atoms with Crippen molar-refractivity contribution in [3.63, 3.8) is 0 Å². The number of rotatable bonds is 6. The van der Waals surface area contributed by atoms with Gasteiger partial charge in [0.15, 0.2) is 5.60 Å². The van der Waals surface area contributed by atoms with Gasteiger partial charge in [0, 0.05) is 44.1 Å². The fourth-order valence-corrected chi connectivity index (χ4v) is 4.54. The summed E-state index contributed by atoms with van der Waals surface area (Å²) in [5.41, 5.74) is -1.39. The number of hydrogen-bond acceptors (Lipinski definition) is 6. The van der Waals surface area contributed by atoms with E-state index in [1.807, 2.05) is 29.2 Å². The van der Waals surface area contributed by atoms with Crippen LogP contribution in [-0.2, 0) is 11.0 Å². The van der Waals surface area contributed by atoms with Crippen LogP contribution in [0.15, 0.2) is 60.7 Å². The number of anilines is 2. The average Bonchev–Trinajstić information content (AvgIpc) is 2.93. The third-order valence-electron chi connectivity index (χ3n) is 6.75. The summed E-state index contributed by atoms with van der Waals surface area (Å²) in [4.78, 5) is 16.8. The quantitative estimate of drug-likeness (QED) is 0.428. The van der Waals surface area contributed by atoms with Crippen LogP contribution in [0.1, 0.15) is 23.6 Å². The molecule has 0 radical (unpaired) electrons. The average molecular weight is 552 g/mol. The fourth-order valence-electron chi connectivity index (χ4n) is 4.54. The third-order valence-corrected chi connectivity index (χ3v) is 6.75. The summed E-state index contributed by atoms with van der Waals surface area (Å²) in [6.07, 6.45) is -4.77. The van der Waals surface area contributed by atoms with Crippen molar-refractivity contribution in [3.8, 4) is 23.3 Å². The molecule has 1 heterocycles. The monoisotopic (exact) mass is 551 g/mol. The number of nitriles is 2. The Morgan fingerprint density at radius 2 is 1.52 bits per heavy atom. The van der Waals surface area contributed by atoms with Gasteiger partial charge < -0.3 is 15.3 Å². The number of aliphatic hydroxyl groups is 1. The Hall–Kier alpha value is -4.45. The summed E-state index contributed by atoms with van der Waals surface area (Å²) >= 11 is 0. The Morgan fingerprint density at radius 3 is 2.10 bits per heavy atom. The smallest absolute Gasteiger partial charge is 0.379 e. The lowest BCUT2D eigenvalue weighted by molar-refractivity contribution is -0.138. The van der Waals surface area contributed by atoms with Crippen LogP contribution in [0.4, 0.5) is 28.9 Å². The molecule has 7 nitrogen and oxygen atoms in total. The van der Waals surface area contributed by atoms with Crippen molar-refractivity contribution in [2.45, 2.75) is 18.7 Å². The van der Waals surface area contributed by atoms with Gasteiger partial charge in [0.1, 0.15) is 11.9 Å². The molecule has 11 heteroatoms. The Kier molecular flexibility index (Phi) is 8.10. The Bertz CT molecular complexity index is 1480. The molecule has 4 rings (SSSR count). The normalized spacial score (nSPS) is 15.6. The molecule has 1 fully saturated rings. The molecule has 206 valence electrons. The molecular formula is C29H25F4N5O2. The summed E-state index contributed by atoms with van der Waals surface area (Å²) in [6, 6.07) is 18.1. The second-order valence-electron chi connectivity index (χ2n) is 9.71. The molecule has 1 saturated heterocycles. The molecular weight excluding hydrogens is 526 g/mol. The molecule has 0 aliphatic carbocycles. The molecule has 0 aromatic heterocycles. The molecule has 0 bridgehead atoms. The summed E-state index contributed by atoms with van der Waals surface area (Å²) < 4.78 is 53.7. The van der Waals surface area contributed by atoms with E-state index in [0.717, 1.165) is 17.3 Å². The van der Waals surface area contributed by atoms with Gasteiger partial charge in [-0.1, -0.05) is 18.2 Å². The van der Waals surface area contributed by atoms with Gasteiger partial charge in [0.05, 0.1) is 22.8 Å². The van der Waals surface area contributed by atoms with Crippen molar-refractivity contribution in [1.29, 1.82) is 10.5 Å². The van der Waals surface area contributed by atoms with Gasteiger partial charge in [-0.3, -0.25) is 9.69 Å². The number of halogens is 4. The molecule has 1 aliphatic rings. The number of carbonyl (C=O) groups is 1. The zero-order valence-electron chi connectivity index (χ0n) is 21.5. The molecule has 1 unspecified atom stereocenters. The molecule has 2 N–H and O–H groups in total. The lowest BCUT2D eigenvalue weighted by Gasteiger charge is -2.38. The van der Waals surface area contributed by atoms with Crippen molar-refractivity contribution < 1.29 is 27.5 Å². The lowest BCUT2D eigenvalue weighted by atomic mass is 10.0. The Labute approximate surface area is 228 Å². The Balaban J connectivity index is 1.34. The second-order valence-corrected chi connectivity index (χ2v) is 9.71. The summed E-state index contributed by atoms with van der Waals surface area (Å²) in [7, 11) is 0. The molecule has 0 spiro atoms. The van der Waals surface area contributed by atoms with Crippen LogP contribution in [-0.4, -0.2) is 54.2 Å². The maximum absolute atomic E-state index is 14.0. The number of benzene rings is 3.